The van der Waals surface area contributed by atoms with Gasteiger partial charge in [-0.2, -0.15) is 0 Å². The summed E-state index contributed by atoms with van der Waals surface area (Å²) in [6.45, 7) is 8.24. The average molecular weight is 199 g/mol. The van der Waals surface area contributed by atoms with E-state index in [0.29, 0.717) is 19.4 Å². The summed E-state index contributed by atoms with van der Waals surface area (Å²) in [4.78, 5) is 21.0. The van der Waals surface area contributed by atoms with Gasteiger partial charge in [-0.25, -0.2) is 0 Å². The second-order valence-electron chi connectivity index (χ2n) is 2.82. The van der Waals surface area contributed by atoms with Gasteiger partial charge in [0.05, 0.1) is 6.61 Å². The minimum atomic E-state index is -0.400. The van der Waals surface area contributed by atoms with Crippen molar-refractivity contribution in [2.75, 3.05) is 6.61 Å². The van der Waals surface area contributed by atoms with Crippen LogP contribution in [0, 0.1) is 6.58 Å². The first-order chi connectivity index (χ1) is 6.56. The van der Waals surface area contributed by atoms with Gasteiger partial charge in [-0.3, -0.25) is 9.59 Å². The van der Waals surface area contributed by atoms with Crippen molar-refractivity contribution in [3.63, 3.8) is 0 Å². The molecular formula is C10H15O4. The highest BCUT2D eigenvalue weighted by Gasteiger charge is 2.07. The Morgan fingerprint density at radius 3 is 2.43 bits per heavy atom. The van der Waals surface area contributed by atoms with Crippen molar-refractivity contribution in [1.82, 2.24) is 0 Å². The summed E-state index contributed by atoms with van der Waals surface area (Å²) >= 11 is 0. The second kappa shape index (κ2) is 7.12. The molecule has 1 radical (unpaired) electrons. The standard InChI is InChI=1S/C10H15O4/c1-4-10(14-9(3)12)6-5-7-13-8(2)11/h1,4,10H,5-7H2,2-3H3. The van der Waals surface area contributed by atoms with Crippen molar-refractivity contribution in [1.29, 1.82) is 0 Å². The highest BCUT2D eigenvalue weighted by Crippen LogP contribution is 2.04. The third-order valence-electron chi connectivity index (χ3n) is 1.47. The van der Waals surface area contributed by atoms with E-state index in [4.69, 9.17) is 16.1 Å². The first-order valence-corrected chi connectivity index (χ1v) is 4.42. The van der Waals surface area contributed by atoms with E-state index in [0.717, 1.165) is 0 Å². The van der Waals surface area contributed by atoms with E-state index in [1.807, 2.05) is 0 Å². The largest absolute Gasteiger partial charge is 0.466 e. The molecule has 0 aromatic carbocycles. The Bertz CT molecular complexity index is 210. The van der Waals surface area contributed by atoms with Gasteiger partial charge in [-0.1, -0.05) is 6.58 Å². The lowest BCUT2D eigenvalue weighted by molar-refractivity contribution is -0.146. The molecule has 4 heteroatoms. The lowest BCUT2D eigenvalue weighted by atomic mass is 10.2. The molecule has 14 heavy (non-hydrogen) atoms. The molecule has 0 aliphatic carbocycles. The van der Waals surface area contributed by atoms with E-state index in [1.54, 1.807) is 0 Å². The van der Waals surface area contributed by atoms with E-state index in [-0.39, 0.29) is 11.9 Å². The van der Waals surface area contributed by atoms with Gasteiger partial charge in [0.15, 0.2) is 0 Å². The summed E-state index contributed by atoms with van der Waals surface area (Å²) in [6.07, 6.45) is 2.09. The minimum Gasteiger partial charge on any atom is -0.466 e. The Balaban J connectivity index is 3.57. The smallest absolute Gasteiger partial charge is 0.303 e. The van der Waals surface area contributed by atoms with Crippen LogP contribution in [0.15, 0.2) is 6.08 Å². The predicted molar refractivity (Wildman–Crippen MR) is 50.3 cm³/mol. The molecule has 0 amide bonds. The fourth-order valence-electron chi connectivity index (χ4n) is 0.908. The lowest BCUT2D eigenvalue weighted by Crippen LogP contribution is -2.14. The van der Waals surface area contributed by atoms with Crippen molar-refractivity contribution in [3.8, 4) is 0 Å². The van der Waals surface area contributed by atoms with Gasteiger partial charge in [0.2, 0.25) is 0 Å². The first kappa shape index (κ1) is 12.7. The van der Waals surface area contributed by atoms with Crippen LogP contribution in [0.5, 0.6) is 0 Å². The zero-order chi connectivity index (χ0) is 11.0. The molecule has 0 fully saturated rings. The highest BCUT2D eigenvalue weighted by molar-refractivity contribution is 5.66. The van der Waals surface area contributed by atoms with E-state index < -0.39 is 6.10 Å². The van der Waals surface area contributed by atoms with Gasteiger partial charge >= 0.3 is 11.9 Å². The van der Waals surface area contributed by atoms with Crippen LogP contribution in [0.4, 0.5) is 0 Å². The van der Waals surface area contributed by atoms with Crippen LogP contribution in [0.25, 0.3) is 0 Å². The molecule has 4 nitrogen and oxygen atoms in total. The van der Waals surface area contributed by atoms with Gasteiger partial charge in [0.1, 0.15) is 6.10 Å². The van der Waals surface area contributed by atoms with Crippen molar-refractivity contribution in [2.24, 2.45) is 0 Å². The summed E-state index contributed by atoms with van der Waals surface area (Å²) in [5, 5.41) is 0. The maximum atomic E-state index is 10.6. The fraction of sp³-hybridized carbons (Fsp3) is 0.600. The first-order valence-electron chi connectivity index (χ1n) is 4.42. The lowest BCUT2D eigenvalue weighted by Gasteiger charge is -2.11. The number of carbonyl (C=O) groups is 2. The number of hydrogen-bond donors (Lipinski definition) is 0. The number of hydrogen-bond acceptors (Lipinski definition) is 4. The number of ether oxygens (including phenoxy) is 2. The number of rotatable bonds is 6. The highest BCUT2D eigenvalue weighted by atomic mass is 16.5. The predicted octanol–water partition coefficient (Wildman–Crippen LogP) is 1.25. The van der Waals surface area contributed by atoms with Crippen LogP contribution in [-0.4, -0.2) is 24.6 Å². The third kappa shape index (κ3) is 7.34. The normalized spacial score (nSPS) is 11.6. The van der Waals surface area contributed by atoms with E-state index >= 15 is 0 Å². The zero-order valence-electron chi connectivity index (χ0n) is 8.49. The summed E-state index contributed by atoms with van der Waals surface area (Å²) < 4.78 is 9.55. The Labute approximate surface area is 83.9 Å². The Morgan fingerprint density at radius 1 is 1.36 bits per heavy atom. The van der Waals surface area contributed by atoms with Crippen LogP contribution in [-0.2, 0) is 19.1 Å². The van der Waals surface area contributed by atoms with Gasteiger partial charge in [0, 0.05) is 13.8 Å². The Morgan fingerprint density at radius 2 is 2.00 bits per heavy atom. The van der Waals surface area contributed by atoms with Crippen LogP contribution in [0.1, 0.15) is 26.7 Å². The third-order valence-corrected chi connectivity index (χ3v) is 1.47. The van der Waals surface area contributed by atoms with Crippen molar-refractivity contribution < 1.29 is 19.1 Å². The van der Waals surface area contributed by atoms with Crippen molar-refractivity contribution in [3.05, 3.63) is 12.7 Å². The average Bonchev–Trinajstić information content (AvgIpc) is 2.09. The van der Waals surface area contributed by atoms with Gasteiger partial charge < -0.3 is 9.47 Å². The van der Waals surface area contributed by atoms with E-state index in [1.165, 1.54) is 19.9 Å². The molecule has 79 valence electrons. The quantitative estimate of drug-likeness (QED) is 0.477. The minimum absolute atomic E-state index is 0.314. The molecule has 1 atom stereocenters. The number of carbonyl (C=O) groups excluding carboxylic acids is 2. The van der Waals surface area contributed by atoms with Crippen LogP contribution in [0.2, 0.25) is 0 Å². The Kier molecular flexibility index (Phi) is 6.45. The molecule has 0 aromatic heterocycles. The maximum Gasteiger partial charge on any atom is 0.303 e. The van der Waals surface area contributed by atoms with Crippen LogP contribution in [0.3, 0.4) is 0 Å². The molecule has 0 spiro atoms. The molecule has 0 aliphatic rings. The maximum absolute atomic E-state index is 10.6. The van der Waals surface area contributed by atoms with E-state index in [2.05, 4.69) is 0 Å². The van der Waals surface area contributed by atoms with Gasteiger partial charge in [-0.15, -0.1) is 0 Å². The molecule has 0 rings (SSSR count). The SMILES string of the molecule is [CH]=CC(CCCOC(C)=O)OC(C)=O. The second-order valence-corrected chi connectivity index (χ2v) is 2.82. The molecule has 0 bridgehead atoms. The fourth-order valence-corrected chi connectivity index (χ4v) is 0.908. The van der Waals surface area contributed by atoms with Gasteiger partial charge in [0.25, 0.3) is 0 Å². The molecule has 0 saturated carbocycles. The summed E-state index contributed by atoms with van der Waals surface area (Å²) in [6, 6.07) is 0. The monoisotopic (exact) mass is 199 g/mol. The molecule has 0 aromatic rings. The zero-order valence-corrected chi connectivity index (χ0v) is 8.49. The topological polar surface area (TPSA) is 52.6 Å². The molecule has 0 heterocycles. The van der Waals surface area contributed by atoms with Crippen LogP contribution >= 0.6 is 0 Å². The molecular weight excluding hydrogens is 184 g/mol. The van der Waals surface area contributed by atoms with Crippen molar-refractivity contribution in [2.45, 2.75) is 32.8 Å². The summed E-state index contributed by atoms with van der Waals surface area (Å²) in [7, 11) is 0. The van der Waals surface area contributed by atoms with E-state index in [9.17, 15) is 9.59 Å². The van der Waals surface area contributed by atoms with Crippen LogP contribution < -0.4 is 0 Å². The molecule has 0 aliphatic heterocycles. The summed E-state index contributed by atoms with van der Waals surface area (Å²) in [5.74, 6) is -0.685. The van der Waals surface area contributed by atoms with Gasteiger partial charge in [-0.05, 0) is 18.9 Å². The summed E-state index contributed by atoms with van der Waals surface area (Å²) in [5.41, 5.74) is 0. The van der Waals surface area contributed by atoms with Crippen molar-refractivity contribution >= 4 is 11.9 Å². The molecule has 0 saturated heterocycles. The molecule has 0 N–H and O–H groups in total. The Hall–Kier alpha value is -1.32. The number of esters is 2. The molecule has 1 unspecified atom stereocenters.